The molecule has 150 valence electrons. The van der Waals surface area contributed by atoms with E-state index < -0.39 is 6.10 Å². The van der Waals surface area contributed by atoms with E-state index in [0.717, 1.165) is 19.1 Å². The summed E-state index contributed by atoms with van der Waals surface area (Å²) in [5.41, 5.74) is 0. The third kappa shape index (κ3) is 28.4. The Hall–Kier alpha value is -0.710. The SMILES string of the molecule is CCCCCCCCC=CCCCCCCCC=O.OCC(O)CO. The van der Waals surface area contributed by atoms with Crippen molar-refractivity contribution in [2.45, 2.75) is 103 Å². The summed E-state index contributed by atoms with van der Waals surface area (Å²) >= 11 is 0. The molecular weight excluding hydrogens is 316 g/mol. The van der Waals surface area contributed by atoms with Gasteiger partial charge in [-0.25, -0.2) is 0 Å². The summed E-state index contributed by atoms with van der Waals surface area (Å²) in [5, 5.41) is 24.0. The van der Waals surface area contributed by atoms with Crippen molar-refractivity contribution in [3.8, 4) is 0 Å². The van der Waals surface area contributed by atoms with Crippen molar-refractivity contribution in [3.63, 3.8) is 0 Å². The van der Waals surface area contributed by atoms with Crippen molar-refractivity contribution in [1.29, 1.82) is 0 Å². The van der Waals surface area contributed by atoms with Gasteiger partial charge < -0.3 is 20.1 Å². The van der Waals surface area contributed by atoms with Crippen LogP contribution in [0.4, 0.5) is 0 Å². The Labute approximate surface area is 155 Å². The lowest BCUT2D eigenvalue weighted by atomic mass is 10.1. The maximum absolute atomic E-state index is 10.1. The average molecular weight is 359 g/mol. The molecule has 0 heterocycles. The van der Waals surface area contributed by atoms with Crippen LogP contribution in [-0.2, 0) is 4.79 Å². The molecule has 0 fully saturated rings. The summed E-state index contributed by atoms with van der Waals surface area (Å²) < 4.78 is 0. The van der Waals surface area contributed by atoms with Gasteiger partial charge in [0, 0.05) is 6.42 Å². The molecule has 0 amide bonds. The first-order valence-corrected chi connectivity index (χ1v) is 10.2. The monoisotopic (exact) mass is 358 g/mol. The molecule has 0 bridgehead atoms. The van der Waals surface area contributed by atoms with Gasteiger partial charge in [-0.15, -0.1) is 0 Å². The molecule has 0 aliphatic heterocycles. The van der Waals surface area contributed by atoms with Crippen LogP contribution in [0.25, 0.3) is 0 Å². The van der Waals surface area contributed by atoms with Gasteiger partial charge in [-0.1, -0.05) is 70.4 Å². The van der Waals surface area contributed by atoms with Crippen LogP contribution in [0, 0.1) is 0 Å². The maximum Gasteiger partial charge on any atom is 0.119 e. The molecule has 0 aliphatic carbocycles. The molecule has 0 unspecified atom stereocenters. The topological polar surface area (TPSA) is 77.8 Å². The predicted octanol–water partition coefficient (Wildman–Crippen LogP) is 4.55. The number of unbranched alkanes of at least 4 members (excludes halogenated alkanes) is 12. The molecule has 0 aromatic heterocycles. The van der Waals surface area contributed by atoms with E-state index in [1.54, 1.807) is 0 Å². The van der Waals surface area contributed by atoms with E-state index in [-0.39, 0.29) is 13.2 Å². The number of aliphatic hydroxyl groups excluding tert-OH is 3. The fraction of sp³-hybridized carbons (Fsp3) is 0.857. The highest BCUT2D eigenvalue weighted by molar-refractivity contribution is 5.48. The van der Waals surface area contributed by atoms with Gasteiger partial charge in [0.2, 0.25) is 0 Å². The Balaban J connectivity index is 0. The number of aliphatic hydroxyl groups is 3. The van der Waals surface area contributed by atoms with E-state index >= 15 is 0 Å². The van der Waals surface area contributed by atoms with Gasteiger partial charge >= 0.3 is 0 Å². The number of allylic oxidation sites excluding steroid dienone is 2. The van der Waals surface area contributed by atoms with E-state index in [2.05, 4.69) is 19.1 Å². The third-order valence-electron chi connectivity index (χ3n) is 4.01. The van der Waals surface area contributed by atoms with E-state index in [4.69, 9.17) is 15.3 Å². The fourth-order valence-corrected chi connectivity index (χ4v) is 2.36. The minimum Gasteiger partial charge on any atom is -0.394 e. The smallest absolute Gasteiger partial charge is 0.119 e. The molecule has 4 heteroatoms. The number of aldehydes is 1. The second kappa shape index (κ2) is 25.5. The van der Waals surface area contributed by atoms with Crippen LogP contribution < -0.4 is 0 Å². The van der Waals surface area contributed by atoms with Crippen LogP contribution >= 0.6 is 0 Å². The zero-order chi connectivity index (χ0) is 19.0. The van der Waals surface area contributed by atoms with Gasteiger partial charge in [-0.2, -0.15) is 0 Å². The molecule has 0 rings (SSSR count). The quantitative estimate of drug-likeness (QED) is 0.202. The minimum atomic E-state index is -0.954. The van der Waals surface area contributed by atoms with Crippen LogP contribution in [0.5, 0.6) is 0 Å². The first kappa shape index (κ1) is 26.5. The van der Waals surface area contributed by atoms with Gasteiger partial charge in [-0.3, -0.25) is 0 Å². The van der Waals surface area contributed by atoms with E-state index in [0.29, 0.717) is 0 Å². The van der Waals surface area contributed by atoms with Crippen LogP contribution in [0.15, 0.2) is 12.2 Å². The molecule has 0 radical (unpaired) electrons. The lowest BCUT2D eigenvalue weighted by molar-refractivity contribution is -0.107. The number of rotatable bonds is 17. The summed E-state index contributed by atoms with van der Waals surface area (Å²) in [5.74, 6) is 0. The largest absolute Gasteiger partial charge is 0.394 e. The van der Waals surface area contributed by atoms with Gasteiger partial charge in [0.25, 0.3) is 0 Å². The first-order chi connectivity index (χ1) is 12.2. The number of carbonyl (C=O) groups excluding carboxylic acids is 1. The van der Waals surface area contributed by atoms with Crippen molar-refractivity contribution in [2.75, 3.05) is 13.2 Å². The number of carbonyl (C=O) groups is 1. The Bertz CT molecular complexity index is 263. The van der Waals surface area contributed by atoms with E-state index in [1.165, 1.54) is 77.0 Å². The Morgan fingerprint density at radius 3 is 1.44 bits per heavy atom. The average Bonchev–Trinajstić information content (AvgIpc) is 2.64. The molecule has 0 aliphatic rings. The number of hydrogen-bond acceptors (Lipinski definition) is 4. The highest BCUT2D eigenvalue weighted by Crippen LogP contribution is 2.09. The van der Waals surface area contributed by atoms with Gasteiger partial charge in [0.1, 0.15) is 12.4 Å². The van der Waals surface area contributed by atoms with E-state index in [1.807, 2.05) is 0 Å². The Kier molecular flexibility index (Phi) is 27.1. The molecule has 4 nitrogen and oxygen atoms in total. The lowest BCUT2D eigenvalue weighted by Crippen LogP contribution is -2.15. The number of hydrogen-bond donors (Lipinski definition) is 3. The summed E-state index contributed by atoms with van der Waals surface area (Å²) in [6.45, 7) is 1.54. The molecule has 25 heavy (non-hydrogen) atoms. The van der Waals surface area contributed by atoms with Crippen molar-refractivity contribution in [3.05, 3.63) is 12.2 Å². The predicted molar refractivity (Wildman–Crippen MR) is 106 cm³/mol. The van der Waals surface area contributed by atoms with Crippen molar-refractivity contribution < 1.29 is 20.1 Å². The second-order valence-electron chi connectivity index (χ2n) is 6.56. The Morgan fingerprint density at radius 2 is 1.08 bits per heavy atom. The zero-order valence-corrected chi connectivity index (χ0v) is 16.4. The van der Waals surface area contributed by atoms with Crippen LogP contribution in [0.3, 0.4) is 0 Å². The molecule has 0 atom stereocenters. The third-order valence-corrected chi connectivity index (χ3v) is 4.01. The standard InChI is InChI=1S/C18H34O.C3H8O3/c1-2-3-4-5-6-7-8-9-10-11-12-13-14-15-16-17-18-19;4-1-3(6)2-5/h9-10,18H,2-8,11-17H2,1H3;3-6H,1-2H2. The second-order valence-corrected chi connectivity index (χ2v) is 6.56. The van der Waals surface area contributed by atoms with Crippen LogP contribution in [-0.4, -0.2) is 40.9 Å². The van der Waals surface area contributed by atoms with Crippen molar-refractivity contribution >= 4 is 6.29 Å². The Morgan fingerprint density at radius 1 is 0.680 bits per heavy atom. The molecule has 0 aromatic carbocycles. The lowest BCUT2D eigenvalue weighted by Gasteiger charge is -1.98. The summed E-state index contributed by atoms with van der Waals surface area (Å²) in [7, 11) is 0. The molecule has 3 N–H and O–H groups in total. The van der Waals surface area contributed by atoms with Crippen molar-refractivity contribution in [1.82, 2.24) is 0 Å². The first-order valence-electron chi connectivity index (χ1n) is 10.2. The normalized spacial score (nSPS) is 10.9. The molecule has 0 spiro atoms. The fourth-order valence-electron chi connectivity index (χ4n) is 2.36. The molecule has 0 saturated carbocycles. The van der Waals surface area contributed by atoms with Crippen LogP contribution in [0.2, 0.25) is 0 Å². The highest BCUT2D eigenvalue weighted by Gasteiger charge is 1.94. The van der Waals surface area contributed by atoms with Gasteiger partial charge in [-0.05, 0) is 32.1 Å². The zero-order valence-electron chi connectivity index (χ0n) is 16.4. The molecular formula is C21H42O4. The van der Waals surface area contributed by atoms with E-state index in [9.17, 15) is 4.79 Å². The highest BCUT2D eigenvalue weighted by atomic mass is 16.3. The summed E-state index contributed by atoms with van der Waals surface area (Å²) in [6.07, 6.45) is 22.6. The molecule has 0 saturated heterocycles. The molecule has 0 aromatic rings. The summed E-state index contributed by atoms with van der Waals surface area (Å²) in [4.78, 5) is 10.1. The minimum absolute atomic E-state index is 0.365. The van der Waals surface area contributed by atoms with Gasteiger partial charge in [0.05, 0.1) is 13.2 Å². The van der Waals surface area contributed by atoms with Gasteiger partial charge in [0.15, 0.2) is 0 Å². The summed E-state index contributed by atoms with van der Waals surface area (Å²) in [6, 6.07) is 0. The van der Waals surface area contributed by atoms with Crippen molar-refractivity contribution in [2.24, 2.45) is 0 Å². The van der Waals surface area contributed by atoms with Crippen LogP contribution in [0.1, 0.15) is 96.8 Å². The maximum atomic E-state index is 10.1.